The van der Waals surface area contributed by atoms with E-state index in [9.17, 15) is 27.6 Å². The lowest BCUT2D eigenvalue weighted by Crippen LogP contribution is -2.44. The molecule has 0 aliphatic carbocycles. The summed E-state index contributed by atoms with van der Waals surface area (Å²) < 4.78 is 82.3. The molecule has 338 valence electrons. The molecule has 4 N–H and O–H groups in total. The summed E-state index contributed by atoms with van der Waals surface area (Å²) in [6.45, 7) is 1.55. The van der Waals surface area contributed by atoms with Gasteiger partial charge in [0, 0.05) is 12.5 Å². The van der Waals surface area contributed by atoms with E-state index >= 15 is 0 Å². The molecule has 2 aromatic heterocycles. The van der Waals surface area contributed by atoms with Crippen LogP contribution in [0.4, 0.5) is 19.0 Å². The van der Waals surface area contributed by atoms with Crippen molar-refractivity contribution in [3.63, 3.8) is 0 Å². The van der Waals surface area contributed by atoms with E-state index in [4.69, 9.17) is 30.7 Å². The van der Waals surface area contributed by atoms with Crippen LogP contribution in [0.3, 0.4) is 0 Å². The van der Waals surface area contributed by atoms with Crippen molar-refractivity contribution in [1.82, 2.24) is 24.6 Å². The molecule has 0 bridgehead atoms. The number of nitrogen functional groups attached to an aromatic ring is 1. The van der Waals surface area contributed by atoms with E-state index in [0.29, 0.717) is 12.5 Å². The number of nitrogens with two attached hydrogens (primary N) is 1. The highest BCUT2D eigenvalue weighted by Gasteiger charge is 2.50. The van der Waals surface area contributed by atoms with E-state index in [1.807, 2.05) is 0 Å². The topological polar surface area (TPSA) is 173 Å². The molecular formula is C45H60F3N6O7P. The van der Waals surface area contributed by atoms with E-state index in [0.717, 1.165) is 37.8 Å². The Morgan fingerprint density at radius 3 is 2.16 bits per heavy atom. The second-order valence-electron chi connectivity index (χ2n) is 15.9. The van der Waals surface area contributed by atoms with Crippen molar-refractivity contribution >= 4 is 30.7 Å². The Morgan fingerprint density at radius 1 is 0.968 bits per heavy atom. The van der Waals surface area contributed by atoms with Crippen LogP contribution in [-0.2, 0) is 29.8 Å². The van der Waals surface area contributed by atoms with E-state index in [1.54, 1.807) is 18.2 Å². The molecule has 4 aromatic rings. The Labute approximate surface area is 362 Å². The van der Waals surface area contributed by atoms with E-state index in [1.165, 1.54) is 93.7 Å². The lowest BCUT2D eigenvalue weighted by molar-refractivity contribution is -0.146. The number of carbonyl (C=O) groups is 1. The molecule has 3 heterocycles. The number of aliphatic hydroxyl groups excluding tert-OH is 1. The number of rotatable bonds is 28. The van der Waals surface area contributed by atoms with Crippen LogP contribution in [0, 0.1) is 30.1 Å². The third kappa shape index (κ3) is 14.5. The fraction of sp³-hybridized carbons (Fsp3) is 0.556. The van der Waals surface area contributed by atoms with Crippen LogP contribution in [0.1, 0.15) is 128 Å². The van der Waals surface area contributed by atoms with Gasteiger partial charge in [-0.25, -0.2) is 18.3 Å². The maximum absolute atomic E-state index is 14.7. The molecule has 1 aliphatic rings. The molecule has 0 radical (unpaired) electrons. The van der Waals surface area contributed by atoms with Crippen molar-refractivity contribution < 1.29 is 46.2 Å². The number of para-hydroxylation sites is 1. The Balaban J connectivity index is 1.19. The summed E-state index contributed by atoms with van der Waals surface area (Å²) >= 11 is 0. The van der Waals surface area contributed by atoms with Crippen molar-refractivity contribution in [2.45, 2.75) is 146 Å². The summed E-state index contributed by atoms with van der Waals surface area (Å²) in [6, 6.07) is 9.21. The zero-order valence-corrected chi connectivity index (χ0v) is 36.4. The molecule has 1 saturated heterocycles. The Hall–Kier alpha value is -4.52. The highest BCUT2D eigenvalue weighted by atomic mass is 31.2. The third-order valence-corrected chi connectivity index (χ3v) is 12.5. The minimum atomic E-state index is -4.69. The smallest absolute Gasteiger partial charge is 0.459 e. The molecular weight excluding hydrogens is 824 g/mol. The van der Waals surface area contributed by atoms with Crippen LogP contribution in [0.5, 0.6) is 5.75 Å². The van der Waals surface area contributed by atoms with Crippen LogP contribution in [0.15, 0.2) is 54.9 Å². The van der Waals surface area contributed by atoms with Gasteiger partial charge in [0.05, 0.1) is 12.9 Å². The summed E-state index contributed by atoms with van der Waals surface area (Å²) in [4.78, 5) is 25.1. The zero-order chi connectivity index (χ0) is 44.4. The van der Waals surface area contributed by atoms with Gasteiger partial charge < -0.3 is 24.8 Å². The number of fused-ring (bicyclic) bond motifs is 1. The number of carbonyl (C=O) groups excluding carboxylic acids is 1. The first-order valence-corrected chi connectivity index (χ1v) is 23.4. The Kier molecular flexibility index (Phi) is 19.1. The highest BCUT2D eigenvalue weighted by Crippen LogP contribution is 2.48. The van der Waals surface area contributed by atoms with Crippen molar-refractivity contribution in [3.8, 4) is 18.1 Å². The molecule has 1 fully saturated rings. The maximum Gasteiger partial charge on any atom is 0.459 e. The Bertz CT molecular complexity index is 2090. The third-order valence-electron chi connectivity index (χ3n) is 10.9. The number of halogens is 3. The molecule has 62 heavy (non-hydrogen) atoms. The standard InChI is InChI=1S/C45H60F3N6O7P/c1-3-5-6-7-8-9-10-11-12-13-14-15-16-17-18-22-25-58-43(56)37(28-33-26-34(46)29-35(47)27-33)53-62(57,61-36-23-20-19-21-24-36)59-31-45(4-2)38(55)30-39(60-45)54-32-50-40-41(49)51-44(48)52-42(40)54/h2,19-21,23-24,26-27,29,32,37-39,55H,3,5-18,22,25,28,30-31H2,1H3,(H,53,57)(H2,49,51,52)/t37-,38-,39+,45+,62?/m0/s1. The number of unbranched alkanes of at least 4 members (excludes halogenated alkanes) is 15. The summed E-state index contributed by atoms with van der Waals surface area (Å²) in [7, 11) is -4.69. The number of esters is 1. The van der Waals surface area contributed by atoms with Gasteiger partial charge in [-0.1, -0.05) is 127 Å². The largest absolute Gasteiger partial charge is 0.465 e. The van der Waals surface area contributed by atoms with Gasteiger partial charge in [0.15, 0.2) is 22.6 Å². The molecule has 13 nitrogen and oxygen atoms in total. The molecule has 1 aliphatic heterocycles. The molecule has 0 amide bonds. The number of nitrogens with one attached hydrogen (secondary N) is 1. The monoisotopic (exact) mass is 884 g/mol. The molecule has 0 spiro atoms. The number of anilines is 1. The molecule has 2 aromatic carbocycles. The predicted octanol–water partition coefficient (Wildman–Crippen LogP) is 9.69. The van der Waals surface area contributed by atoms with Gasteiger partial charge in [-0.15, -0.1) is 6.42 Å². The average Bonchev–Trinajstić information content (AvgIpc) is 3.81. The molecule has 1 unspecified atom stereocenters. The number of hydrogen-bond donors (Lipinski definition) is 3. The van der Waals surface area contributed by atoms with Gasteiger partial charge in [-0.3, -0.25) is 13.9 Å². The molecule has 5 rings (SSSR count). The number of aliphatic hydroxyl groups is 1. The number of imidazole rings is 1. The van der Waals surface area contributed by atoms with Crippen molar-refractivity contribution in [3.05, 3.63) is 78.1 Å². The summed E-state index contributed by atoms with van der Waals surface area (Å²) in [6.07, 6.45) is 22.1. The normalized spacial score (nSPS) is 19.0. The number of hydrogen-bond acceptors (Lipinski definition) is 11. The van der Waals surface area contributed by atoms with Crippen LogP contribution < -0.4 is 15.3 Å². The van der Waals surface area contributed by atoms with Gasteiger partial charge in [-0.05, 0) is 42.7 Å². The molecule has 17 heteroatoms. The number of nitrogens with zero attached hydrogens (tertiary/aromatic N) is 4. The lowest BCUT2D eigenvalue weighted by atomic mass is 9.99. The average molecular weight is 885 g/mol. The summed E-state index contributed by atoms with van der Waals surface area (Å²) in [5, 5.41) is 13.9. The van der Waals surface area contributed by atoms with Crippen LogP contribution in [-0.4, -0.2) is 61.6 Å². The van der Waals surface area contributed by atoms with Crippen LogP contribution >= 0.6 is 7.75 Å². The number of ether oxygens (including phenoxy) is 2. The second kappa shape index (κ2) is 24.4. The molecule has 0 saturated carbocycles. The SMILES string of the molecule is C#C[C@]1(COP(=O)(N[C@@H](Cc2cc(F)cc(F)c2)C(=O)OCCCCCCCCCCCCCCCCCC)Oc2ccccc2)O[C@@H](n2cnc3c(N)nc(F)nc32)C[C@@H]1O. The predicted molar refractivity (Wildman–Crippen MR) is 230 cm³/mol. The van der Waals surface area contributed by atoms with Gasteiger partial charge in [0.2, 0.25) is 0 Å². The van der Waals surface area contributed by atoms with Gasteiger partial charge in [0.25, 0.3) is 0 Å². The minimum absolute atomic E-state index is 0.0181. The van der Waals surface area contributed by atoms with E-state index < -0.39 is 62.0 Å². The van der Waals surface area contributed by atoms with Gasteiger partial charge >= 0.3 is 19.8 Å². The quantitative estimate of drug-likeness (QED) is 0.0162. The number of terminal acetylenes is 1. The summed E-state index contributed by atoms with van der Waals surface area (Å²) in [5.74, 6) is -0.356. The second-order valence-corrected chi connectivity index (χ2v) is 17.6. The van der Waals surface area contributed by atoms with Crippen molar-refractivity contribution in [2.75, 3.05) is 18.9 Å². The lowest BCUT2D eigenvalue weighted by Gasteiger charge is -2.30. The number of aromatic nitrogens is 4. The number of benzene rings is 2. The summed E-state index contributed by atoms with van der Waals surface area (Å²) in [5.41, 5.74) is 4.00. The van der Waals surface area contributed by atoms with E-state index in [2.05, 4.69) is 32.9 Å². The Morgan fingerprint density at radius 2 is 1.56 bits per heavy atom. The van der Waals surface area contributed by atoms with Crippen LogP contribution in [0.2, 0.25) is 0 Å². The first-order valence-electron chi connectivity index (χ1n) is 21.8. The minimum Gasteiger partial charge on any atom is -0.465 e. The first-order chi connectivity index (χ1) is 29.9. The zero-order valence-electron chi connectivity index (χ0n) is 35.5. The maximum atomic E-state index is 14.7. The van der Waals surface area contributed by atoms with Gasteiger partial charge in [0.1, 0.15) is 42.4 Å². The van der Waals surface area contributed by atoms with Crippen molar-refractivity contribution in [1.29, 1.82) is 0 Å². The van der Waals surface area contributed by atoms with Gasteiger partial charge in [-0.2, -0.15) is 19.4 Å². The van der Waals surface area contributed by atoms with Crippen molar-refractivity contribution in [2.24, 2.45) is 0 Å². The van der Waals surface area contributed by atoms with E-state index in [-0.39, 0.29) is 47.7 Å². The van der Waals surface area contributed by atoms with Crippen LogP contribution in [0.25, 0.3) is 11.2 Å². The highest BCUT2D eigenvalue weighted by molar-refractivity contribution is 7.52. The fourth-order valence-electron chi connectivity index (χ4n) is 7.50. The first kappa shape index (κ1) is 48.5. The fourth-order valence-corrected chi connectivity index (χ4v) is 9.02. The molecule has 5 atom stereocenters.